The van der Waals surface area contributed by atoms with Gasteiger partial charge in [-0.25, -0.2) is 0 Å². The summed E-state index contributed by atoms with van der Waals surface area (Å²) in [7, 11) is 0. The van der Waals surface area contributed by atoms with Crippen LogP contribution in [0.4, 0.5) is 0 Å². The Kier molecular flexibility index (Phi) is 3.48. The van der Waals surface area contributed by atoms with Gasteiger partial charge in [-0.05, 0) is 24.7 Å². The summed E-state index contributed by atoms with van der Waals surface area (Å²) < 4.78 is 0. The van der Waals surface area contributed by atoms with Crippen LogP contribution in [0.1, 0.15) is 58.8 Å². The summed E-state index contributed by atoms with van der Waals surface area (Å²) in [6.45, 7) is 4.57. The number of rotatable bonds is 2. The van der Waals surface area contributed by atoms with Gasteiger partial charge >= 0.3 is 0 Å². The topological polar surface area (TPSA) is 12.0 Å². The summed E-state index contributed by atoms with van der Waals surface area (Å²) >= 11 is 0. The first-order chi connectivity index (χ1) is 6.77. The van der Waals surface area contributed by atoms with Crippen molar-refractivity contribution in [2.75, 3.05) is 0 Å². The van der Waals surface area contributed by atoms with E-state index in [4.69, 9.17) is 0 Å². The van der Waals surface area contributed by atoms with Gasteiger partial charge in [0.05, 0.1) is 0 Å². The molecule has 0 aromatic rings. The first-order valence-corrected chi connectivity index (χ1v) is 6.53. The maximum Gasteiger partial charge on any atom is 0.0100 e. The highest BCUT2D eigenvalue weighted by atomic mass is 14.9. The molecule has 1 heteroatoms. The van der Waals surface area contributed by atoms with Crippen molar-refractivity contribution in [3.8, 4) is 0 Å². The Morgan fingerprint density at radius 3 is 2.43 bits per heavy atom. The fourth-order valence-electron chi connectivity index (χ4n) is 3.57. The molecule has 0 aromatic heterocycles. The lowest BCUT2D eigenvalue weighted by Gasteiger charge is -2.42. The zero-order valence-corrected chi connectivity index (χ0v) is 9.76. The minimum Gasteiger partial charge on any atom is -0.311 e. The normalized spacial score (nSPS) is 38.4. The van der Waals surface area contributed by atoms with Crippen LogP contribution in [0.15, 0.2) is 0 Å². The van der Waals surface area contributed by atoms with Crippen LogP contribution in [-0.2, 0) is 0 Å². The Bertz CT molecular complexity index is 174. The molecule has 3 atom stereocenters. The molecule has 0 saturated heterocycles. The van der Waals surface area contributed by atoms with Gasteiger partial charge in [-0.3, -0.25) is 0 Å². The summed E-state index contributed by atoms with van der Waals surface area (Å²) in [4.78, 5) is 0. The van der Waals surface area contributed by atoms with Gasteiger partial charge < -0.3 is 5.32 Å². The molecular formula is C13H25N. The van der Waals surface area contributed by atoms with Crippen LogP contribution in [-0.4, -0.2) is 12.1 Å². The van der Waals surface area contributed by atoms with E-state index in [0.717, 1.165) is 17.9 Å². The van der Waals surface area contributed by atoms with Gasteiger partial charge in [0, 0.05) is 12.1 Å². The van der Waals surface area contributed by atoms with Gasteiger partial charge in [0.1, 0.15) is 0 Å². The summed E-state index contributed by atoms with van der Waals surface area (Å²) in [5.74, 6) is 2.08. The van der Waals surface area contributed by atoms with E-state index >= 15 is 0 Å². The number of nitrogens with one attached hydrogen (secondary N) is 1. The van der Waals surface area contributed by atoms with Crippen molar-refractivity contribution in [1.29, 1.82) is 0 Å². The lowest BCUT2D eigenvalue weighted by atomic mass is 9.68. The van der Waals surface area contributed by atoms with E-state index in [1.54, 1.807) is 0 Å². The van der Waals surface area contributed by atoms with Crippen LogP contribution in [0.25, 0.3) is 0 Å². The Balaban J connectivity index is 1.94. The first kappa shape index (κ1) is 10.5. The lowest BCUT2D eigenvalue weighted by molar-refractivity contribution is 0.121. The summed E-state index contributed by atoms with van der Waals surface area (Å²) in [5.41, 5.74) is 0. The van der Waals surface area contributed by atoms with Gasteiger partial charge in [0.25, 0.3) is 0 Å². The van der Waals surface area contributed by atoms with Gasteiger partial charge in [-0.2, -0.15) is 0 Å². The van der Waals surface area contributed by atoms with Crippen LogP contribution in [0.5, 0.6) is 0 Å². The maximum atomic E-state index is 3.78. The molecule has 2 aliphatic rings. The second-order valence-corrected chi connectivity index (χ2v) is 5.57. The Morgan fingerprint density at radius 1 is 0.929 bits per heavy atom. The highest BCUT2D eigenvalue weighted by Gasteiger charge is 2.34. The average molecular weight is 195 g/mol. The van der Waals surface area contributed by atoms with E-state index < -0.39 is 0 Å². The van der Waals surface area contributed by atoms with Crippen LogP contribution < -0.4 is 5.32 Å². The Morgan fingerprint density at radius 2 is 1.64 bits per heavy atom. The number of hydrogen-bond donors (Lipinski definition) is 1. The van der Waals surface area contributed by atoms with Crippen LogP contribution >= 0.6 is 0 Å². The van der Waals surface area contributed by atoms with Crippen molar-refractivity contribution >= 4 is 0 Å². The molecule has 2 saturated carbocycles. The van der Waals surface area contributed by atoms with Crippen molar-refractivity contribution in [2.45, 2.75) is 70.9 Å². The van der Waals surface area contributed by atoms with E-state index in [1.807, 2.05) is 0 Å². The lowest BCUT2D eigenvalue weighted by Crippen LogP contribution is -2.46. The first-order valence-electron chi connectivity index (χ1n) is 6.53. The van der Waals surface area contributed by atoms with Gasteiger partial charge in [0.15, 0.2) is 0 Å². The summed E-state index contributed by atoms with van der Waals surface area (Å²) in [6.07, 6.45) is 10.4. The highest BCUT2D eigenvalue weighted by molar-refractivity contribution is 4.89. The van der Waals surface area contributed by atoms with Crippen LogP contribution in [0, 0.1) is 11.8 Å². The molecule has 0 amide bonds. The Labute approximate surface area is 88.7 Å². The van der Waals surface area contributed by atoms with Crippen molar-refractivity contribution in [3.63, 3.8) is 0 Å². The average Bonchev–Trinajstić information content (AvgIpc) is 2.18. The van der Waals surface area contributed by atoms with E-state index in [1.165, 1.54) is 44.9 Å². The van der Waals surface area contributed by atoms with Crippen molar-refractivity contribution in [1.82, 2.24) is 5.32 Å². The molecule has 2 rings (SSSR count). The molecule has 3 unspecified atom stereocenters. The molecule has 0 aliphatic heterocycles. The monoisotopic (exact) mass is 195 g/mol. The molecule has 0 spiro atoms. The fourth-order valence-corrected chi connectivity index (χ4v) is 3.57. The summed E-state index contributed by atoms with van der Waals surface area (Å²) in [5, 5.41) is 3.78. The molecule has 0 heterocycles. The SMILES string of the molecule is CC(C)NC1CCCC2CCCCC21. The van der Waals surface area contributed by atoms with E-state index in [9.17, 15) is 0 Å². The van der Waals surface area contributed by atoms with E-state index in [-0.39, 0.29) is 0 Å². The van der Waals surface area contributed by atoms with Crippen molar-refractivity contribution in [2.24, 2.45) is 11.8 Å². The van der Waals surface area contributed by atoms with Gasteiger partial charge in [-0.15, -0.1) is 0 Å². The third-order valence-electron chi connectivity index (χ3n) is 4.12. The molecule has 2 aliphatic carbocycles. The molecule has 2 fully saturated rings. The summed E-state index contributed by atoms with van der Waals surface area (Å²) in [6, 6.07) is 1.51. The molecular weight excluding hydrogens is 170 g/mol. The minimum absolute atomic E-state index is 0.667. The minimum atomic E-state index is 0.667. The zero-order chi connectivity index (χ0) is 9.97. The standard InChI is InChI=1S/C13H25N/c1-10(2)14-13-9-5-7-11-6-3-4-8-12(11)13/h10-14H,3-9H2,1-2H3. The quantitative estimate of drug-likeness (QED) is 0.712. The second kappa shape index (κ2) is 4.65. The van der Waals surface area contributed by atoms with Gasteiger partial charge in [-0.1, -0.05) is 46.0 Å². The third-order valence-corrected chi connectivity index (χ3v) is 4.12. The maximum absolute atomic E-state index is 3.78. The van der Waals surface area contributed by atoms with Crippen LogP contribution in [0.3, 0.4) is 0 Å². The third kappa shape index (κ3) is 2.31. The predicted octanol–water partition coefficient (Wildman–Crippen LogP) is 3.34. The smallest absolute Gasteiger partial charge is 0.0100 e. The molecule has 82 valence electrons. The Hall–Kier alpha value is -0.0400. The molecule has 1 N–H and O–H groups in total. The van der Waals surface area contributed by atoms with E-state index in [2.05, 4.69) is 19.2 Å². The van der Waals surface area contributed by atoms with Crippen LogP contribution in [0.2, 0.25) is 0 Å². The predicted molar refractivity (Wildman–Crippen MR) is 61.4 cm³/mol. The molecule has 0 bridgehead atoms. The molecule has 1 nitrogen and oxygen atoms in total. The number of fused-ring (bicyclic) bond motifs is 1. The zero-order valence-electron chi connectivity index (χ0n) is 9.76. The number of hydrogen-bond acceptors (Lipinski definition) is 1. The van der Waals surface area contributed by atoms with Crippen molar-refractivity contribution < 1.29 is 0 Å². The largest absolute Gasteiger partial charge is 0.311 e. The van der Waals surface area contributed by atoms with Crippen molar-refractivity contribution in [3.05, 3.63) is 0 Å². The molecule has 0 aromatic carbocycles. The fraction of sp³-hybridized carbons (Fsp3) is 1.00. The van der Waals surface area contributed by atoms with Gasteiger partial charge in [0.2, 0.25) is 0 Å². The highest BCUT2D eigenvalue weighted by Crippen LogP contribution is 2.40. The second-order valence-electron chi connectivity index (χ2n) is 5.57. The molecule has 14 heavy (non-hydrogen) atoms. The van der Waals surface area contributed by atoms with E-state index in [0.29, 0.717) is 6.04 Å². The molecule has 0 radical (unpaired) electrons.